The SMILES string of the molecule is CCC(=CCN1CCN(C)C1=O)C(=O)OC. The fraction of sp³-hybridized carbons (Fsp3) is 0.636. The first-order valence-corrected chi connectivity index (χ1v) is 5.37. The Morgan fingerprint density at radius 3 is 2.62 bits per heavy atom. The lowest BCUT2D eigenvalue weighted by molar-refractivity contribution is -0.136. The number of nitrogens with zero attached hydrogens (tertiary/aromatic N) is 2. The van der Waals surface area contributed by atoms with E-state index in [4.69, 9.17) is 0 Å². The van der Waals surface area contributed by atoms with E-state index in [1.165, 1.54) is 7.11 Å². The summed E-state index contributed by atoms with van der Waals surface area (Å²) < 4.78 is 4.65. The molecule has 0 atom stereocenters. The van der Waals surface area contributed by atoms with E-state index < -0.39 is 0 Å². The van der Waals surface area contributed by atoms with Gasteiger partial charge in [-0.1, -0.05) is 13.0 Å². The molecular formula is C11H18N2O3. The van der Waals surface area contributed by atoms with Gasteiger partial charge in [0.05, 0.1) is 7.11 Å². The van der Waals surface area contributed by atoms with Crippen LogP contribution < -0.4 is 0 Å². The van der Waals surface area contributed by atoms with Crippen molar-refractivity contribution in [2.75, 3.05) is 33.8 Å². The van der Waals surface area contributed by atoms with Gasteiger partial charge in [0.2, 0.25) is 0 Å². The number of amides is 2. The first kappa shape index (κ1) is 12.5. The Bertz CT molecular complexity index is 312. The molecule has 0 unspecified atom stereocenters. The fourth-order valence-electron chi connectivity index (χ4n) is 1.60. The smallest absolute Gasteiger partial charge is 0.333 e. The molecule has 16 heavy (non-hydrogen) atoms. The van der Waals surface area contributed by atoms with Gasteiger partial charge in [0.1, 0.15) is 0 Å². The van der Waals surface area contributed by atoms with Gasteiger partial charge < -0.3 is 14.5 Å². The molecule has 0 aliphatic carbocycles. The maximum atomic E-state index is 11.6. The Morgan fingerprint density at radius 2 is 2.19 bits per heavy atom. The summed E-state index contributed by atoms with van der Waals surface area (Å²) in [4.78, 5) is 26.2. The Morgan fingerprint density at radius 1 is 1.50 bits per heavy atom. The number of urea groups is 1. The van der Waals surface area contributed by atoms with Crippen LogP contribution in [0.2, 0.25) is 0 Å². The number of likely N-dealkylation sites (N-methyl/N-ethyl adjacent to an activating group) is 1. The van der Waals surface area contributed by atoms with Gasteiger partial charge in [0.15, 0.2) is 0 Å². The topological polar surface area (TPSA) is 49.9 Å². The van der Waals surface area contributed by atoms with Crippen LogP contribution in [0.5, 0.6) is 0 Å². The monoisotopic (exact) mass is 226 g/mol. The van der Waals surface area contributed by atoms with Crippen LogP contribution >= 0.6 is 0 Å². The largest absolute Gasteiger partial charge is 0.466 e. The van der Waals surface area contributed by atoms with E-state index in [0.717, 1.165) is 6.54 Å². The van der Waals surface area contributed by atoms with Gasteiger partial charge in [-0.3, -0.25) is 0 Å². The second kappa shape index (κ2) is 5.53. The van der Waals surface area contributed by atoms with Gasteiger partial charge in [0.25, 0.3) is 0 Å². The molecule has 1 heterocycles. The van der Waals surface area contributed by atoms with Crippen molar-refractivity contribution < 1.29 is 14.3 Å². The molecule has 0 bridgehead atoms. The molecule has 0 radical (unpaired) electrons. The normalized spacial score (nSPS) is 16.9. The van der Waals surface area contributed by atoms with Gasteiger partial charge >= 0.3 is 12.0 Å². The number of ether oxygens (including phenoxy) is 1. The zero-order chi connectivity index (χ0) is 12.1. The highest BCUT2D eigenvalue weighted by molar-refractivity contribution is 5.88. The van der Waals surface area contributed by atoms with Gasteiger partial charge in [-0.2, -0.15) is 0 Å². The summed E-state index contributed by atoms with van der Waals surface area (Å²) in [6.07, 6.45) is 2.38. The highest BCUT2D eigenvalue weighted by atomic mass is 16.5. The Balaban J connectivity index is 2.57. The van der Waals surface area contributed by atoms with Crippen molar-refractivity contribution in [1.82, 2.24) is 9.80 Å². The van der Waals surface area contributed by atoms with E-state index in [9.17, 15) is 9.59 Å². The molecule has 90 valence electrons. The van der Waals surface area contributed by atoms with Crippen molar-refractivity contribution in [3.63, 3.8) is 0 Å². The minimum absolute atomic E-state index is 0.0107. The quantitative estimate of drug-likeness (QED) is 0.528. The number of carbonyl (C=O) groups excluding carboxylic acids is 2. The average molecular weight is 226 g/mol. The van der Waals surface area contributed by atoms with E-state index in [1.54, 1.807) is 22.9 Å². The lowest BCUT2D eigenvalue weighted by Gasteiger charge is -2.14. The van der Waals surface area contributed by atoms with E-state index in [2.05, 4.69) is 4.74 Å². The third-order valence-electron chi connectivity index (χ3n) is 2.69. The maximum absolute atomic E-state index is 11.6. The standard InChI is InChI=1S/C11H18N2O3/c1-4-9(10(14)16-3)5-6-13-8-7-12(2)11(13)15/h5H,4,6-8H2,1-3H3. The van der Waals surface area contributed by atoms with E-state index in [-0.39, 0.29) is 12.0 Å². The number of carbonyl (C=O) groups is 2. The van der Waals surface area contributed by atoms with Crippen molar-refractivity contribution in [2.24, 2.45) is 0 Å². The summed E-state index contributed by atoms with van der Waals surface area (Å²) in [7, 11) is 3.13. The summed E-state index contributed by atoms with van der Waals surface area (Å²) in [5.41, 5.74) is 0.616. The molecule has 1 rings (SSSR count). The molecule has 0 aromatic carbocycles. The zero-order valence-corrected chi connectivity index (χ0v) is 10.0. The number of hydrogen-bond donors (Lipinski definition) is 0. The molecular weight excluding hydrogens is 208 g/mol. The van der Waals surface area contributed by atoms with Crippen molar-refractivity contribution in [3.05, 3.63) is 11.6 Å². The van der Waals surface area contributed by atoms with Crippen molar-refractivity contribution in [2.45, 2.75) is 13.3 Å². The summed E-state index contributed by atoms with van der Waals surface area (Å²) in [5, 5.41) is 0. The lowest BCUT2D eigenvalue weighted by Crippen LogP contribution is -2.29. The molecule has 0 aromatic heterocycles. The van der Waals surface area contributed by atoms with Crippen LogP contribution in [0.4, 0.5) is 4.79 Å². The van der Waals surface area contributed by atoms with Crippen molar-refractivity contribution in [3.8, 4) is 0 Å². The van der Waals surface area contributed by atoms with Crippen LogP contribution in [0, 0.1) is 0 Å². The number of rotatable bonds is 4. The van der Waals surface area contributed by atoms with E-state index in [0.29, 0.717) is 25.1 Å². The molecule has 0 spiro atoms. The number of esters is 1. The first-order valence-electron chi connectivity index (χ1n) is 5.37. The third-order valence-corrected chi connectivity index (χ3v) is 2.69. The highest BCUT2D eigenvalue weighted by Gasteiger charge is 2.24. The molecule has 5 nitrogen and oxygen atoms in total. The summed E-state index contributed by atoms with van der Waals surface area (Å²) in [6.45, 7) is 3.82. The second-order valence-corrected chi connectivity index (χ2v) is 3.72. The van der Waals surface area contributed by atoms with Crippen LogP contribution in [-0.4, -0.2) is 55.6 Å². The van der Waals surface area contributed by atoms with Crippen LogP contribution in [-0.2, 0) is 9.53 Å². The molecule has 1 saturated heterocycles. The Labute approximate surface area is 95.6 Å². The molecule has 0 N–H and O–H groups in total. The van der Waals surface area contributed by atoms with Gasteiger partial charge in [-0.15, -0.1) is 0 Å². The predicted octanol–water partition coefficient (Wildman–Crippen LogP) is 0.863. The molecule has 0 saturated carbocycles. The summed E-state index contributed by atoms with van der Waals surface area (Å²) in [5.74, 6) is -0.317. The minimum Gasteiger partial charge on any atom is -0.466 e. The lowest BCUT2D eigenvalue weighted by atomic mass is 10.2. The first-order chi connectivity index (χ1) is 7.60. The molecule has 0 aromatic rings. The van der Waals surface area contributed by atoms with E-state index >= 15 is 0 Å². The second-order valence-electron chi connectivity index (χ2n) is 3.72. The summed E-state index contributed by atoms with van der Waals surface area (Å²) in [6, 6.07) is 0.0107. The fourth-order valence-corrected chi connectivity index (χ4v) is 1.60. The van der Waals surface area contributed by atoms with Gasteiger partial charge in [0, 0.05) is 32.3 Å². The molecule has 1 aliphatic rings. The molecule has 1 fully saturated rings. The van der Waals surface area contributed by atoms with Crippen LogP contribution in [0.25, 0.3) is 0 Å². The van der Waals surface area contributed by atoms with Crippen LogP contribution in [0.1, 0.15) is 13.3 Å². The van der Waals surface area contributed by atoms with Gasteiger partial charge in [-0.25, -0.2) is 9.59 Å². The average Bonchev–Trinajstić information content (AvgIpc) is 2.61. The van der Waals surface area contributed by atoms with Crippen LogP contribution in [0.3, 0.4) is 0 Å². The highest BCUT2D eigenvalue weighted by Crippen LogP contribution is 2.08. The molecule has 2 amide bonds. The van der Waals surface area contributed by atoms with Gasteiger partial charge in [-0.05, 0) is 6.42 Å². The molecule has 1 aliphatic heterocycles. The van der Waals surface area contributed by atoms with Crippen molar-refractivity contribution in [1.29, 1.82) is 0 Å². The number of methoxy groups -OCH3 is 1. The maximum Gasteiger partial charge on any atom is 0.333 e. The minimum atomic E-state index is -0.317. The van der Waals surface area contributed by atoms with Crippen LogP contribution in [0.15, 0.2) is 11.6 Å². The van der Waals surface area contributed by atoms with Crippen molar-refractivity contribution >= 4 is 12.0 Å². The third kappa shape index (κ3) is 2.74. The number of hydrogen-bond acceptors (Lipinski definition) is 3. The van der Waals surface area contributed by atoms with E-state index in [1.807, 2.05) is 6.92 Å². The summed E-state index contributed by atoms with van der Waals surface area (Å²) >= 11 is 0. The Kier molecular flexibility index (Phi) is 4.34. The molecule has 5 heteroatoms. The zero-order valence-electron chi connectivity index (χ0n) is 10.0. The Hall–Kier alpha value is -1.52. The predicted molar refractivity (Wildman–Crippen MR) is 60.0 cm³/mol.